The van der Waals surface area contributed by atoms with E-state index in [4.69, 9.17) is 5.26 Å². The second-order valence-corrected chi connectivity index (χ2v) is 7.94. The van der Waals surface area contributed by atoms with Crippen molar-refractivity contribution in [3.05, 3.63) is 104 Å². The molecule has 0 fully saturated rings. The Morgan fingerprint density at radius 3 is 2.55 bits per heavy atom. The van der Waals surface area contributed by atoms with E-state index in [0.717, 1.165) is 16.8 Å². The molecule has 2 aromatic heterocycles. The van der Waals surface area contributed by atoms with Crippen molar-refractivity contribution in [1.29, 1.82) is 5.26 Å². The van der Waals surface area contributed by atoms with E-state index >= 15 is 0 Å². The summed E-state index contributed by atoms with van der Waals surface area (Å²) in [5.74, 6) is -0.526. The number of H-pyrrole nitrogens is 1. The van der Waals surface area contributed by atoms with Crippen LogP contribution in [0.5, 0.6) is 0 Å². The predicted octanol–water partition coefficient (Wildman–Crippen LogP) is 3.42. The number of nitriles is 1. The highest BCUT2D eigenvalue weighted by molar-refractivity contribution is 5.79. The van der Waals surface area contributed by atoms with Gasteiger partial charge in [0.2, 0.25) is 5.91 Å². The molecule has 4 rings (SSSR count). The molecular weight excluding hydrogens is 421 g/mol. The van der Waals surface area contributed by atoms with Crippen LogP contribution in [-0.2, 0) is 24.3 Å². The van der Waals surface area contributed by atoms with Gasteiger partial charge in [-0.25, -0.2) is 13.9 Å². The van der Waals surface area contributed by atoms with Crippen LogP contribution >= 0.6 is 0 Å². The molecule has 0 saturated heterocycles. The average Bonchev–Trinajstić information content (AvgIpc) is 3.16. The Balaban J connectivity index is 1.65. The second-order valence-electron chi connectivity index (χ2n) is 7.94. The Kier molecular flexibility index (Phi) is 6.05. The number of rotatable bonds is 6. The van der Waals surface area contributed by atoms with Crippen LogP contribution in [0.25, 0.3) is 5.65 Å². The van der Waals surface area contributed by atoms with Gasteiger partial charge in [0.05, 0.1) is 18.1 Å². The second kappa shape index (κ2) is 9.09. The van der Waals surface area contributed by atoms with Gasteiger partial charge in [0.1, 0.15) is 5.82 Å². The number of hydrogen-bond donors (Lipinski definition) is 1. The van der Waals surface area contributed by atoms with Crippen molar-refractivity contribution in [2.24, 2.45) is 0 Å². The highest BCUT2D eigenvalue weighted by Gasteiger charge is 2.20. The number of hydrogen-bond acceptors (Lipinski definition) is 4. The van der Waals surface area contributed by atoms with Gasteiger partial charge in [0.25, 0.3) is 5.56 Å². The Bertz CT molecular complexity index is 1430. The predicted molar refractivity (Wildman–Crippen MR) is 121 cm³/mol. The molecule has 1 amide bonds. The van der Waals surface area contributed by atoms with E-state index in [2.05, 4.69) is 16.2 Å². The topological polar surface area (TPSA) is 94.3 Å². The number of nitrogens with zero attached hydrogens (tertiary/aromatic N) is 4. The monoisotopic (exact) mass is 443 g/mol. The van der Waals surface area contributed by atoms with Crippen LogP contribution in [0.1, 0.15) is 33.6 Å². The zero-order valence-corrected chi connectivity index (χ0v) is 18.3. The third-order valence-corrected chi connectivity index (χ3v) is 5.60. The number of nitrogens with one attached hydrogen (secondary N) is 1. The first-order valence-corrected chi connectivity index (χ1v) is 10.4. The van der Waals surface area contributed by atoms with Gasteiger partial charge in [-0.2, -0.15) is 5.26 Å². The third-order valence-electron chi connectivity index (χ3n) is 5.60. The Morgan fingerprint density at radius 2 is 1.85 bits per heavy atom. The fraction of sp³-hybridized carbons (Fsp3) is 0.200. The van der Waals surface area contributed by atoms with Gasteiger partial charge in [-0.15, -0.1) is 0 Å². The maximum atomic E-state index is 13.8. The summed E-state index contributed by atoms with van der Waals surface area (Å²) in [5, 5.41) is 11.7. The standard InChI is InChI=1S/C25H22FN5O2/c1-16-22(17(2)31-23(28-16)12-24(32)29-31)11-25(33)30(15-20-4-3-5-21(26)10-20)14-19-8-6-18(13-27)7-9-19/h3-10,12H,11,14-15H2,1-2H3,(H,29,32). The first-order chi connectivity index (χ1) is 15.8. The molecule has 0 aliphatic carbocycles. The minimum atomic E-state index is -0.365. The summed E-state index contributed by atoms with van der Waals surface area (Å²) in [5.41, 5.74) is 4.43. The molecule has 33 heavy (non-hydrogen) atoms. The van der Waals surface area contributed by atoms with Crippen molar-refractivity contribution in [3.8, 4) is 6.07 Å². The lowest BCUT2D eigenvalue weighted by molar-refractivity contribution is -0.131. The Hall–Kier alpha value is -4.25. The number of aromatic nitrogens is 3. The van der Waals surface area contributed by atoms with Gasteiger partial charge in [-0.05, 0) is 49.2 Å². The van der Waals surface area contributed by atoms with Crippen molar-refractivity contribution in [1.82, 2.24) is 19.5 Å². The lowest BCUT2D eigenvalue weighted by Crippen LogP contribution is -2.32. The minimum absolute atomic E-state index is 0.0758. The molecule has 4 aromatic rings. The normalized spacial score (nSPS) is 10.8. The summed E-state index contributed by atoms with van der Waals surface area (Å²) in [4.78, 5) is 31.3. The van der Waals surface area contributed by atoms with Crippen LogP contribution in [0.15, 0.2) is 59.4 Å². The summed E-state index contributed by atoms with van der Waals surface area (Å²) < 4.78 is 15.3. The third kappa shape index (κ3) is 4.83. The lowest BCUT2D eigenvalue weighted by atomic mass is 10.1. The highest BCUT2D eigenvalue weighted by Crippen LogP contribution is 2.18. The summed E-state index contributed by atoms with van der Waals surface area (Å²) in [6.45, 7) is 4.17. The van der Waals surface area contributed by atoms with Gasteiger partial charge in [-0.3, -0.25) is 14.7 Å². The SMILES string of the molecule is Cc1nc2cc(=O)[nH]n2c(C)c1CC(=O)N(Cc1ccc(C#N)cc1)Cc1cccc(F)c1. The van der Waals surface area contributed by atoms with Crippen molar-refractivity contribution < 1.29 is 9.18 Å². The maximum absolute atomic E-state index is 13.8. The molecule has 166 valence electrons. The molecule has 1 N–H and O–H groups in total. The molecule has 0 aliphatic rings. The quantitative estimate of drug-likeness (QED) is 0.494. The highest BCUT2D eigenvalue weighted by atomic mass is 19.1. The van der Waals surface area contributed by atoms with Gasteiger partial charge in [0.15, 0.2) is 5.65 Å². The van der Waals surface area contributed by atoms with Gasteiger partial charge >= 0.3 is 0 Å². The van der Waals surface area contributed by atoms with E-state index in [-0.39, 0.29) is 30.2 Å². The van der Waals surface area contributed by atoms with Crippen molar-refractivity contribution in [3.63, 3.8) is 0 Å². The fourth-order valence-corrected chi connectivity index (χ4v) is 3.87. The van der Waals surface area contributed by atoms with Crippen molar-refractivity contribution in [2.45, 2.75) is 33.4 Å². The Labute approximate surface area is 189 Å². The van der Waals surface area contributed by atoms with E-state index in [1.807, 2.05) is 13.8 Å². The van der Waals surface area contributed by atoms with Gasteiger partial charge in [-0.1, -0.05) is 24.3 Å². The molecule has 0 radical (unpaired) electrons. The van der Waals surface area contributed by atoms with Crippen molar-refractivity contribution >= 4 is 11.6 Å². The number of amides is 1. The average molecular weight is 443 g/mol. The maximum Gasteiger partial charge on any atom is 0.266 e. The van der Waals surface area contributed by atoms with Crippen LogP contribution < -0.4 is 5.56 Å². The molecule has 0 atom stereocenters. The van der Waals surface area contributed by atoms with Crippen LogP contribution in [0.2, 0.25) is 0 Å². The molecular formula is C25H22FN5O2. The number of carbonyl (C=O) groups is 1. The summed E-state index contributed by atoms with van der Waals surface area (Å²) in [7, 11) is 0. The van der Waals surface area contributed by atoms with E-state index in [1.165, 1.54) is 18.2 Å². The zero-order chi connectivity index (χ0) is 23.5. The van der Waals surface area contributed by atoms with Crippen molar-refractivity contribution in [2.75, 3.05) is 0 Å². The molecule has 2 heterocycles. The molecule has 0 bridgehead atoms. The van der Waals surface area contributed by atoms with Crippen LogP contribution in [-0.4, -0.2) is 25.4 Å². The number of aromatic amines is 1. The van der Waals surface area contributed by atoms with Crippen LogP contribution in [0, 0.1) is 31.0 Å². The van der Waals surface area contributed by atoms with E-state index in [1.54, 1.807) is 45.8 Å². The summed E-state index contributed by atoms with van der Waals surface area (Å²) in [6, 6.07) is 16.7. The number of carbonyl (C=O) groups excluding carboxylic acids is 1. The summed E-state index contributed by atoms with van der Waals surface area (Å²) in [6.07, 6.45) is 0.0758. The van der Waals surface area contributed by atoms with Crippen LogP contribution in [0.4, 0.5) is 4.39 Å². The first-order valence-electron chi connectivity index (χ1n) is 10.4. The molecule has 0 unspecified atom stereocenters. The summed E-state index contributed by atoms with van der Waals surface area (Å²) >= 11 is 0. The molecule has 0 spiro atoms. The minimum Gasteiger partial charge on any atom is -0.334 e. The zero-order valence-electron chi connectivity index (χ0n) is 18.3. The van der Waals surface area contributed by atoms with Gasteiger partial charge < -0.3 is 4.90 Å². The lowest BCUT2D eigenvalue weighted by Gasteiger charge is -2.24. The van der Waals surface area contributed by atoms with Crippen LogP contribution in [0.3, 0.4) is 0 Å². The largest absolute Gasteiger partial charge is 0.334 e. The smallest absolute Gasteiger partial charge is 0.266 e. The van der Waals surface area contributed by atoms with E-state index in [0.29, 0.717) is 29.0 Å². The molecule has 8 heteroatoms. The Morgan fingerprint density at radius 1 is 1.12 bits per heavy atom. The first kappa shape index (κ1) is 22.0. The number of fused-ring (bicyclic) bond motifs is 1. The van der Waals surface area contributed by atoms with E-state index in [9.17, 15) is 14.0 Å². The molecule has 7 nitrogen and oxygen atoms in total. The molecule has 0 saturated carbocycles. The molecule has 2 aromatic carbocycles. The number of benzene rings is 2. The molecule has 0 aliphatic heterocycles. The number of halogens is 1. The van der Waals surface area contributed by atoms with E-state index < -0.39 is 0 Å². The fourth-order valence-electron chi connectivity index (χ4n) is 3.87. The van der Waals surface area contributed by atoms with Gasteiger partial charge in [0, 0.05) is 36.1 Å². The number of aryl methyl sites for hydroxylation is 2.